The van der Waals surface area contributed by atoms with E-state index in [1.807, 2.05) is 48.5 Å². The zero-order valence-electron chi connectivity index (χ0n) is 19.8. The molecule has 0 saturated heterocycles. The van der Waals surface area contributed by atoms with Gasteiger partial charge in [0.1, 0.15) is 12.4 Å². The molecule has 0 spiro atoms. The Hall–Kier alpha value is -4.05. The van der Waals surface area contributed by atoms with Crippen LogP contribution in [0.5, 0.6) is 11.5 Å². The average molecular weight is 605 g/mol. The highest BCUT2D eigenvalue weighted by Gasteiger charge is 2.14. The van der Waals surface area contributed by atoms with Crippen molar-refractivity contribution in [3.8, 4) is 22.9 Å². The van der Waals surface area contributed by atoms with Crippen molar-refractivity contribution in [2.75, 3.05) is 7.11 Å². The Morgan fingerprint density at radius 3 is 2.51 bits per heavy atom. The van der Waals surface area contributed by atoms with Crippen LogP contribution in [0.1, 0.15) is 11.1 Å². The first-order valence-corrected chi connectivity index (χ1v) is 12.5. The van der Waals surface area contributed by atoms with Gasteiger partial charge in [0.15, 0.2) is 17.3 Å². The monoisotopic (exact) mass is 605 g/mol. The van der Waals surface area contributed by atoms with Crippen LogP contribution < -0.4 is 15.0 Å². The molecule has 1 aromatic heterocycles. The van der Waals surface area contributed by atoms with E-state index in [1.54, 1.807) is 42.6 Å². The van der Waals surface area contributed by atoms with Crippen LogP contribution in [0, 0.1) is 9.39 Å². The van der Waals surface area contributed by atoms with Gasteiger partial charge in [0.2, 0.25) is 0 Å². The number of halogens is 2. The lowest BCUT2D eigenvalue weighted by Crippen LogP contribution is -2.20. The third kappa shape index (κ3) is 5.24. The van der Waals surface area contributed by atoms with Gasteiger partial charge in [-0.15, -0.1) is 0 Å². The van der Waals surface area contributed by atoms with Crippen molar-refractivity contribution in [3.05, 3.63) is 122 Å². The topological polar surface area (TPSA) is 65.7 Å². The Bertz CT molecular complexity index is 1670. The fourth-order valence-corrected chi connectivity index (χ4v) is 4.63. The van der Waals surface area contributed by atoms with Crippen molar-refractivity contribution in [1.82, 2.24) is 9.66 Å². The Balaban J connectivity index is 1.52. The number of rotatable bonds is 7. The lowest BCUT2D eigenvalue weighted by molar-refractivity contribution is 0.277. The molecule has 5 aromatic rings. The van der Waals surface area contributed by atoms with Gasteiger partial charge in [-0.1, -0.05) is 60.7 Å². The van der Waals surface area contributed by atoms with Crippen LogP contribution in [0.15, 0.2) is 101 Å². The molecule has 0 radical (unpaired) electrons. The molecule has 0 atom stereocenters. The molecule has 8 heteroatoms. The highest BCUT2D eigenvalue weighted by Crippen LogP contribution is 2.34. The number of ether oxygens (including phenoxy) is 2. The van der Waals surface area contributed by atoms with Crippen molar-refractivity contribution < 1.29 is 13.9 Å². The third-order valence-corrected chi connectivity index (χ3v) is 6.49. The van der Waals surface area contributed by atoms with Crippen LogP contribution in [-0.4, -0.2) is 23.0 Å². The minimum absolute atomic E-state index is 0.0606. The molecule has 1 heterocycles. The molecule has 5 rings (SSSR count). The van der Waals surface area contributed by atoms with Gasteiger partial charge < -0.3 is 9.47 Å². The van der Waals surface area contributed by atoms with Gasteiger partial charge in [0.25, 0.3) is 5.56 Å². The lowest BCUT2D eigenvalue weighted by Gasteiger charge is -2.14. The molecule has 0 saturated carbocycles. The lowest BCUT2D eigenvalue weighted by atomic mass is 10.2. The Morgan fingerprint density at radius 1 is 1.00 bits per heavy atom. The summed E-state index contributed by atoms with van der Waals surface area (Å²) in [5.74, 6) is 1.07. The van der Waals surface area contributed by atoms with E-state index < -0.39 is 0 Å². The second-order valence-electron chi connectivity index (χ2n) is 8.09. The van der Waals surface area contributed by atoms with Crippen LogP contribution in [-0.2, 0) is 6.61 Å². The molecular formula is C29H21FIN3O3. The number of fused-ring (bicyclic) bond motifs is 1. The Kier molecular flexibility index (Phi) is 7.27. The molecule has 0 bridgehead atoms. The van der Waals surface area contributed by atoms with E-state index in [4.69, 9.17) is 14.5 Å². The smallest absolute Gasteiger partial charge is 0.282 e. The number of benzene rings is 4. The maximum Gasteiger partial charge on any atom is 0.282 e. The minimum atomic E-state index is -0.330. The zero-order valence-corrected chi connectivity index (χ0v) is 21.9. The first-order valence-electron chi connectivity index (χ1n) is 11.4. The third-order valence-electron chi connectivity index (χ3n) is 5.69. The molecule has 0 fully saturated rings. The number of hydrogen-bond donors (Lipinski definition) is 0. The van der Waals surface area contributed by atoms with E-state index in [0.717, 1.165) is 9.13 Å². The predicted molar refractivity (Wildman–Crippen MR) is 151 cm³/mol. The summed E-state index contributed by atoms with van der Waals surface area (Å²) in [5, 5.41) is 5.00. The molecule has 6 nitrogen and oxygen atoms in total. The molecule has 4 aromatic carbocycles. The Morgan fingerprint density at radius 2 is 1.73 bits per heavy atom. The molecule has 37 heavy (non-hydrogen) atoms. The molecule has 0 aliphatic rings. The SMILES string of the molecule is COc1cc(C=Nn2c(-c3ccccc3)nc3ccccc3c2=O)cc(I)c1OCc1ccccc1F. The van der Waals surface area contributed by atoms with E-state index in [0.29, 0.717) is 39.4 Å². The summed E-state index contributed by atoms with van der Waals surface area (Å²) in [6.45, 7) is 0.0606. The minimum Gasteiger partial charge on any atom is -0.493 e. The van der Waals surface area contributed by atoms with Crippen molar-refractivity contribution in [2.45, 2.75) is 6.61 Å². The Labute approximate surface area is 226 Å². The van der Waals surface area contributed by atoms with Crippen LogP contribution >= 0.6 is 22.6 Å². The van der Waals surface area contributed by atoms with E-state index in [2.05, 4.69) is 27.7 Å². The summed E-state index contributed by atoms with van der Waals surface area (Å²) in [6.07, 6.45) is 1.58. The summed E-state index contributed by atoms with van der Waals surface area (Å²) in [4.78, 5) is 18.1. The second kappa shape index (κ2) is 10.9. The summed E-state index contributed by atoms with van der Waals surface area (Å²) in [5.41, 5.74) is 2.24. The van der Waals surface area contributed by atoms with Gasteiger partial charge in [-0.3, -0.25) is 4.79 Å². The van der Waals surface area contributed by atoms with Crippen LogP contribution in [0.3, 0.4) is 0 Å². The molecule has 0 amide bonds. The fourth-order valence-electron chi connectivity index (χ4n) is 3.85. The number of para-hydroxylation sites is 1. The number of hydrogen-bond acceptors (Lipinski definition) is 5. The van der Waals surface area contributed by atoms with Gasteiger partial charge in [0.05, 0.1) is 27.8 Å². The molecule has 0 N–H and O–H groups in total. The van der Waals surface area contributed by atoms with Crippen LogP contribution in [0.25, 0.3) is 22.3 Å². The van der Waals surface area contributed by atoms with E-state index >= 15 is 0 Å². The van der Waals surface area contributed by atoms with Gasteiger partial charge in [-0.05, 0) is 58.5 Å². The van der Waals surface area contributed by atoms with Gasteiger partial charge in [0, 0.05) is 11.1 Å². The molecule has 0 aliphatic carbocycles. The summed E-state index contributed by atoms with van der Waals surface area (Å²) >= 11 is 2.13. The molecular weight excluding hydrogens is 584 g/mol. The van der Waals surface area contributed by atoms with E-state index in [-0.39, 0.29) is 18.0 Å². The fraction of sp³-hybridized carbons (Fsp3) is 0.0690. The maximum absolute atomic E-state index is 14.0. The second-order valence-corrected chi connectivity index (χ2v) is 9.26. The first kappa shape index (κ1) is 24.6. The average Bonchev–Trinajstić information content (AvgIpc) is 2.93. The van der Waals surface area contributed by atoms with Crippen LogP contribution in [0.4, 0.5) is 4.39 Å². The molecule has 0 aliphatic heterocycles. The normalized spacial score (nSPS) is 11.2. The van der Waals surface area contributed by atoms with Gasteiger partial charge >= 0.3 is 0 Å². The predicted octanol–water partition coefficient (Wildman–Crippen LogP) is 6.28. The zero-order chi connectivity index (χ0) is 25.8. The van der Waals surface area contributed by atoms with Crippen molar-refractivity contribution >= 4 is 39.7 Å². The highest BCUT2D eigenvalue weighted by atomic mass is 127. The first-order chi connectivity index (χ1) is 18.0. The van der Waals surface area contributed by atoms with Gasteiger partial charge in [-0.2, -0.15) is 9.78 Å². The molecule has 0 unspecified atom stereocenters. The number of methoxy groups -OCH3 is 1. The summed E-state index contributed by atoms with van der Waals surface area (Å²) in [6, 6.07) is 26.7. The van der Waals surface area contributed by atoms with Crippen molar-refractivity contribution in [2.24, 2.45) is 5.10 Å². The highest BCUT2D eigenvalue weighted by molar-refractivity contribution is 14.1. The largest absolute Gasteiger partial charge is 0.493 e. The van der Waals surface area contributed by atoms with E-state index in [1.165, 1.54) is 17.9 Å². The standard InChI is InChI=1S/C29H21FIN3O3/c1-36-26-16-19(15-24(31)27(26)37-18-21-11-5-7-13-23(21)30)17-32-34-28(20-9-3-2-4-10-20)33-25-14-8-6-12-22(25)29(34)35/h2-17H,18H2,1H3. The maximum atomic E-state index is 14.0. The van der Waals surface area contributed by atoms with E-state index in [9.17, 15) is 9.18 Å². The summed E-state index contributed by atoms with van der Waals surface area (Å²) in [7, 11) is 1.54. The van der Waals surface area contributed by atoms with Crippen molar-refractivity contribution in [1.29, 1.82) is 0 Å². The quantitative estimate of drug-likeness (QED) is 0.162. The summed E-state index contributed by atoms with van der Waals surface area (Å²) < 4.78 is 27.5. The van der Waals surface area contributed by atoms with Gasteiger partial charge in [-0.25, -0.2) is 9.37 Å². The van der Waals surface area contributed by atoms with Crippen LogP contribution in [0.2, 0.25) is 0 Å². The number of aromatic nitrogens is 2. The van der Waals surface area contributed by atoms with Crippen molar-refractivity contribution in [3.63, 3.8) is 0 Å². The molecule has 184 valence electrons. The number of nitrogens with zero attached hydrogens (tertiary/aromatic N) is 3.